The molecule has 1 saturated carbocycles. The molecule has 0 amide bonds. The largest absolute Gasteiger partial charge is 0.441 e. The standard InChI is InChI=1S/C14H25F3N2S/c1-12(2)11-19(8-9-20-14(15,16)17)13(10-18-12)6-4-3-5-7-13/h18H,3-11H2,1-2H3. The van der Waals surface area contributed by atoms with Crippen LogP contribution in [0.4, 0.5) is 13.2 Å². The summed E-state index contributed by atoms with van der Waals surface area (Å²) in [5.41, 5.74) is -4.02. The first kappa shape index (κ1) is 16.4. The summed E-state index contributed by atoms with van der Waals surface area (Å²) in [4.78, 5) is 2.33. The van der Waals surface area contributed by atoms with Crippen molar-refractivity contribution in [2.45, 2.75) is 62.5 Å². The number of halogens is 3. The number of nitrogens with zero attached hydrogens (tertiary/aromatic N) is 1. The smallest absolute Gasteiger partial charge is 0.309 e. The third-order valence-corrected chi connectivity index (χ3v) is 5.28. The van der Waals surface area contributed by atoms with Crippen molar-refractivity contribution in [2.24, 2.45) is 0 Å². The SMILES string of the molecule is CC1(C)CN(CCSC(F)(F)F)C2(CCCCC2)CN1. The fourth-order valence-electron chi connectivity index (χ4n) is 3.51. The van der Waals surface area contributed by atoms with Crippen LogP contribution < -0.4 is 5.32 Å². The third kappa shape index (κ3) is 4.28. The van der Waals surface area contributed by atoms with E-state index < -0.39 is 5.51 Å². The molecule has 1 aliphatic carbocycles. The van der Waals surface area contributed by atoms with Crippen molar-refractivity contribution in [3.8, 4) is 0 Å². The fourth-order valence-corrected chi connectivity index (χ4v) is 4.05. The van der Waals surface area contributed by atoms with E-state index in [1.807, 2.05) is 0 Å². The lowest BCUT2D eigenvalue weighted by atomic mass is 9.77. The number of alkyl halides is 3. The highest BCUT2D eigenvalue weighted by Gasteiger charge is 2.44. The number of piperazine rings is 1. The minimum absolute atomic E-state index is 0.00834. The van der Waals surface area contributed by atoms with Crippen molar-refractivity contribution in [1.29, 1.82) is 0 Å². The van der Waals surface area contributed by atoms with Crippen LogP contribution in [-0.2, 0) is 0 Å². The highest BCUT2D eigenvalue weighted by molar-refractivity contribution is 8.00. The summed E-state index contributed by atoms with van der Waals surface area (Å²) in [5.74, 6) is 0.140. The number of thioether (sulfide) groups is 1. The molecular weight excluding hydrogens is 285 g/mol. The van der Waals surface area contributed by atoms with Crippen LogP contribution in [-0.4, -0.2) is 46.9 Å². The normalized spacial score (nSPS) is 26.9. The molecule has 0 radical (unpaired) electrons. The maximum atomic E-state index is 12.3. The molecule has 20 heavy (non-hydrogen) atoms. The number of hydrogen-bond acceptors (Lipinski definition) is 3. The van der Waals surface area contributed by atoms with Crippen LogP contribution in [0.2, 0.25) is 0 Å². The molecule has 0 atom stereocenters. The molecular formula is C14H25F3N2S. The van der Waals surface area contributed by atoms with E-state index in [0.29, 0.717) is 6.54 Å². The Morgan fingerprint density at radius 1 is 1.15 bits per heavy atom. The van der Waals surface area contributed by atoms with E-state index >= 15 is 0 Å². The fraction of sp³-hybridized carbons (Fsp3) is 1.00. The first-order valence-corrected chi connectivity index (χ1v) is 8.42. The first-order valence-electron chi connectivity index (χ1n) is 7.43. The zero-order chi connectivity index (χ0) is 14.9. The van der Waals surface area contributed by atoms with Gasteiger partial charge in [0.2, 0.25) is 0 Å². The summed E-state index contributed by atoms with van der Waals surface area (Å²) >= 11 is 0.113. The Labute approximate surface area is 123 Å². The molecule has 6 heteroatoms. The second kappa shape index (κ2) is 6.05. The monoisotopic (exact) mass is 310 g/mol. The Morgan fingerprint density at radius 3 is 2.40 bits per heavy atom. The molecule has 0 aromatic carbocycles. The van der Waals surface area contributed by atoms with Crippen molar-refractivity contribution in [3.63, 3.8) is 0 Å². The average Bonchev–Trinajstić information content (AvgIpc) is 2.34. The van der Waals surface area contributed by atoms with Crippen LogP contribution in [0.1, 0.15) is 46.0 Å². The van der Waals surface area contributed by atoms with Crippen molar-refractivity contribution in [3.05, 3.63) is 0 Å². The first-order chi connectivity index (χ1) is 9.23. The molecule has 1 spiro atoms. The van der Waals surface area contributed by atoms with Gasteiger partial charge in [0.1, 0.15) is 0 Å². The van der Waals surface area contributed by atoms with Crippen molar-refractivity contribution < 1.29 is 13.2 Å². The zero-order valence-electron chi connectivity index (χ0n) is 12.4. The van der Waals surface area contributed by atoms with Crippen LogP contribution in [0.3, 0.4) is 0 Å². The summed E-state index contributed by atoms with van der Waals surface area (Å²) in [7, 11) is 0. The molecule has 118 valence electrons. The van der Waals surface area contributed by atoms with Gasteiger partial charge in [0, 0.05) is 36.5 Å². The molecule has 1 saturated heterocycles. The highest BCUT2D eigenvalue weighted by atomic mass is 32.2. The number of nitrogens with one attached hydrogen (secondary N) is 1. The predicted molar refractivity (Wildman–Crippen MR) is 78.0 cm³/mol. The molecule has 2 aliphatic rings. The second-order valence-corrected chi connectivity index (χ2v) is 7.90. The molecule has 0 unspecified atom stereocenters. The maximum absolute atomic E-state index is 12.3. The van der Waals surface area contributed by atoms with Gasteiger partial charge in [-0.15, -0.1) is 0 Å². The topological polar surface area (TPSA) is 15.3 Å². The maximum Gasteiger partial charge on any atom is 0.441 e. The lowest BCUT2D eigenvalue weighted by Crippen LogP contribution is -2.69. The van der Waals surface area contributed by atoms with Crippen molar-refractivity contribution in [2.75, 3.05) is 25.4 Å². The van der Waals surface area contributed by atoms with Gasteiger partial charge in [-0.05, 0) is 38.5 Å². The van der Waals surface area contributed by atoms with E-state index in [1.165, 1.54) is 19.3 Å². The van der Waals surface area contributed by atoms with Crippen LogP contribution in [0.15, 0.2) is 0 Å². The van der Waals surface area contributed by atoms with Crippen LogP contribution >= 0.6 is 11.8 Å². The minimum atomic E-state index is -4.11. The molecule has 2 fully saturated rings. The van der Waals surface area contributed by atoms with Crippen LogP contribution in [0.25, 0.3) is 0 Å². The lowest BCUT2D eigenvalue weighted by molar-refractivity contribution is -0.0339. The van der Waals surface area contributed by atoms with Gasteiger partial charge in [0.15, 0.2) is 0 Å². The lowest BCUT2D eigenvalue weighted by Gasteiger charge is -2.54. The molecule has 1 N–H and O–H groups in total. The number of rotatable bonds is 3. The van der Waals surface area contributed by atoms with Crippen LogP contribution in [0, 0.1) is 0 Å². The van der Waals surface area contributed by atoms with Gasteiger partial charge in [0.25, 0.3) is 0 Å². The molecule has 0 bridgehead atoms. The van der Waals surface area contributed by atoms with Crippen molar-refractivity contribution in [1.82, 2.24) is 10.2 Å². The van der Waals surface area contributed by atoms with Crippen molar-refractivity contribution >= 4 is 11.8 Å². The van der Waals surface area contributed by atoms with E-state index in [9.17, 15) is 13.2 Å². The average molecular weight is 310 g/mol. The van der Waals surface area contributed by atoms with Gasteiger partial charge < -0.3 is 5.32 Å². The summed E-state index contributed by atoms with van der Waals surface area (Å²) < 4.78 is 37.0. The number of hydrogen-bond donors (Lipinski definition) is 1. The Kier molecular flexibility index (Phi) is 4.97. The van der Waals surface area contributed by atoms with Gasteiger partial charge >= 0.3 is 5.51 Å². The summed E-state index contributed by atoms with van der Waals surface area (Å²) in [6.07, 6.45) is 5.89. The molecule has 2 rings (SSSR count). The van der Waals surface area contributed by atoms with E-state index in [1.54, 1.807) is 0 Å². The van der Waals surface area contributed by atoms with Gasteiger partial charge in [-0.25, -0.2) is 0 Å². The zero-order valence-corrected chi connectivity index (χ0v) is 13.2. The highest BCUT2D eigenvalue weighted by Crippen LogP contribution is 2.38. The molecule has 2 nitrogen and oxygen atoms in total. The second-order valence-electron chi connectivity index (χ2n) is 6.74. The Bertz CT molecular complexity index is 325. The molecule has 1 heterocycles. The van der Waals surface area contributed by atoms with Gasteiger partial charge in [0.05, 0.1) is 0 Å². The summed E-state index contributed by atoms with van der Waals surface area (Å²) in [5, 5.41) is 3.58. The Hall–Kier alpha value is 0.0600. The van der Waals surface area contributed by atoms with E-state index in [0.717, 1.165) is 25.9 Å². The van der Waals surface area contributed by atoms with E-state index in [-0.39, 0.29) is 28.6 Å². The van der Waals surface area contributed by atoms with E-state index in [4.69, 9.17) is 0 Å². The van der Waals surface area contributed by atoms with Crippen LogP contribution in [0.5, 0.6) is 0 Å². The van der Waals surface area contributed by atoms with Gasteiger partial charge in [-0.3, -0.25) is 4.90 Å². The third-order valence-electron chi connectivity index (χ3n) is 4.56. The van der Waals surface area contributed by atoms with Gasteiger partial charge in [-0.1, -0.05) is 19.3 Å². The predicted octanol–water partition coefficient (Wildman–Crippen LogP) is 3.63. The summed E-state index contributed by atoms with van der Waals surface area (Å²) in [6, 6.07) is 0. The molecule has 1 aliphatic heterocycles. The summed E-state index contributed by atoms with van der Waals surface area (Å²) in [6.45, 7) is 6.55. The molecule has 0 aromatic heterocycles. The quantitative estimate of drug-likeness (QED) is 0.857. The molecule has 0 aromatic rings. The van der Waals surface area contributed by atoms with E-state index in [2.05, 4.69) is 24.1 Å². The Balaban J connectivity index is 1.99. The minimum Gasteiger partial charge on any atom is -0.309 e. The Morgan fingerprint density at radius 2 is 1.80 bits per heavy atom. The van der Waals surface area contributed by atoms with Gasteiger partial charge in [-0.2, -0.15) is 13.2 Å².